The van der Waals surface area contributed by atoms with Crippen LogP contribution in [0.15, 0.2) is 101 Å². The summed E-state index contributed by atoms with van der Waals surface area (Å²) in [6.45, 7) is 2.59. The molecule has 0 aliphatic rings. The van der Waals surface area contributed by atoms with Crippen LogP contribution in [0.1, 0.15) is 24.2 Å². The molecule has 7 nitrogen and oxygen atoms in total. The third-order valence-electron chi connectivity index (χ3n) is 5.82. The Bertz CT molecular complexity index is 1340. The Hall–Kier alpha value is -3.79. The number of hydrogen-bond acceptors (Lipinski definition) is 9. The van der Waals surface area contributed by atoms with E-state index in [1.54, 1.807) is 24.9 Å². The first-order valence-electron chi connectivity index (χ1n) is 13.1. The first kappa shape index (κ1) is 31.7. The molecule has 0 saturated carbocycles. The molecule has 0 amide bonds. The normalized spacial score (nSPS) is 11.0. The minimum Gasteiger partial charge on any atom is -0.493 e. The molecule has 0 saturated heterocycles. The molecule has 4 aromatic carbocycles. The fourth-order valence-electron chi connectivity index (χ4n) is 3.72. The quantitative estimate of drug-likeness (QED) is 0.0654. The zero-order chi connectivity index (χ0) is 29.5. The number of ether oxygens (including phenoxy) is 3. The van der Waals surface area contributed by atoms with Gasteiger partial charge in [-0.2, -0.15) is 0 Å². The van der Waals surface area contributed by atoms with Gasteiger partial charge in [0.05, 0.1) is 7.11 Å². The second kappa shape index (κ2) is 17.1. The van der Waals surface area contributed by atoms with Gasteiger partial charge in [-0.15, -0.1) is 23.5 Å². The van der Waals surface area contributed by atoms with Gasteiger partial charge >= 0.3 is 0 Å². The number of rotatable bonds is 13. The molecule has 0 aliphatic carbocycles. The maximum absolute atomic E-state index is 11.3. The highest BCUT2D eigenvalue weighted by Gasteiger charge is 2.13. The van der Waals surface area contributed by atoms with Gasteiger partial charge in [0.15, 0.2) is 23.9 Å². The highest BCUT2D eigenvalue weighted by molar-refractivity contribution is 7.99. The van der Waals surface area contributed by atoms with Crippen LogP contribution < -0.4 is 31.0 Å². The van der Waals surface area contributed by atoms with Gasteiger partial charge in [0.2, 0.25) is 0 Å². The number of carbonyl (C=O) groups is 1. The third kappa shape index (κ3) is 9.97. The van der Waals surface area contributed by atoms with Crippen molar-refractivity contribution in [2.24, 2.45) is 5.73 Å². The van der Waals surface area contributed by atoms with Crippen molar-refractivity contribution in [3.8, 4) is 17.2 Å². The molecule has 9 heteroatoms. The maximum Gasteiger partial charge on any atom is 0.179 e. The van der Waals surface area contributed by atoms with Crippen molar-refractivity contribution < 1.29 is 19.0 Å². The average Bonchev–Trinajstić information content (AvgIpc) is 3.01. The van der Waals surface area contributed by atoms with Gasteiger partial charge in [0.1, 0.15) is 12.4 Å². The van der Waals surface area contributed by atoms with E-state index in [2.05, 4.69) is 12.2 Å². The van der Waals surface area contributed by atoms with Crippen LogP contribution in [0.4, 0.5) is 11.4 Å². The molecule has 216 valence electrons. The van der Waals surface area contributed by atoms with Crippen LogP contribution in [0.5, 0.6) is 17.2 Å². The summed E-state index contributed by atoms with van der Waals surface area (Å²) in [5.41, 5.74) is 15.1. The zero-order valence-electron chi connectivity index (χ0n) is 23.5. The molecular weight excluding hydrogens is 555 g/mol. The molecule has 1 atom stereocenters. The molecule has 5 N–H and O–H groups in total. The van der Waals surface area contributed by atoms with Crippen LogP contribution >= 0.6 is 23.5 Å². The lowest BCUT2D eigenvalue weighted by molar-refractivity contribution is -0.113. The largest absolute Gasteiger partial charge is 0.493 e. The highest BCUT2D eigenvalue weighted by atomic mass is 32.2. The van der Waals surface area contributed by atoms with Crippen LogP contribution in [0, 0.1) is 0 Å². The standard InChI is InChI=1S/C17H19NO2S.C15H18N2O2S/c1-3-21-16-10-4-13(5-11-16)17(12-19)20-15-8-6-14(18-2)7-9-15;1-18-13-8-15(20-10-16)12(17)7-14(13)19-9-11-5-3-2-4-6-11/h4-12,17-18H,3H2,1-2H3;2-8H,9-10,16-17H2,1H3. The molecule has 0 radical (unpaired) electrons. The summed E-state index contributed by atoms with van der Waals surface area (Å²) in [4.78, 5) is 13.4. The fraction of sp³-hybridized carbons (Fsp3) is 0.219. The maximum atomic E-state index is 11.3. The molecule has 0 bridgehead atoms. The van der Waals surface area contributed by atoms with E-state index in [-0.39, 0.29) is 0 Å². The Balaban J connectivity index is 0.000000226. The van der Waals surface area contributed by atoms with Gasteiger partial charge in [0, 0.05) is 40.2 Å². The van der Waals surface area contributed by atoms with Crippen molar-refractivity contribution in [1.82, 2.24) is 0 Å². The van der Waals surface area contributed by atoms with Crippen LogP contribution in [0.3, 0.4) is 0 Å². The van der Waals surface area contributed by atoms with Crippen molar-refractivity contribution in [1.29, 1.82) is 0 Å². The van der Waals surface area contributed by atoms with E-state index in [4.69, 9.17) is 25.7 Å². The van der Waals surface area contributed by atoms with Crippen molar-refractivity contribution in [3.05, 3.63) is 102 Å². The number of methoxy groups -OCH3 is 1. The summed E-state index contributed by atoms with van der Waals surface area (Å²) < 4.78 is 16.9. The number of aldehydes is 1. The summed E-state index contributed by atoms with van der Waals surface area (Å²) in [6, 6.07) is 29.0. The smallest absolute Gasteiger partial charge is 0.179 e. The topological polar surface area (TPSA) is 109 Å². The highest BCUT2D eigenvalue weighted by Crippen LogP contribution is 2.37. The second-order valence-corrected chi connectivity index (χ2v) is 11.0. The van der Waals surface area contributed by atoms with E-state index in [1.807, 2.05) is 92.0 Å². The van der Waals surface area contributed by atoms with Crippen molar-refractivity contribution in [3.63, 3.8) is 0 Å². The lowest BCUT2D eigenvalue weighted by Crippen LogP contribution is -2.08. The molecule has 0 spiro atoms. The molecule has 0 fully saturated rings. The molecule has 4 aromatic rings. The molecule has 0 aromatic heterocycles. The van der Waals surface area contributed by atoms with E-state index in [9.17, 15) is 4.79 Å². The Morgan fingerprint density at radius 3 is 2.22 bits per heavy atom. The predicted octanol–water partition coefficient (Wildman–Crippen LogP) is 7.02. The summed E-state index contributed by atoms with van der Waals surface area (Å²) in [5, 5.41) is 3.04. The summed E-state index contributed by atoms with van der Waals surface area (Å²) in [5.74, 6) is 3.47. The Kier molecular flexibility index (Phi) is 13.2. The van der Waals surface area contributed by atoms with Gasteiger partial charge < -0.3 is 31.0 Å². The molecule has 0 aliphatic heterocycles. The monoisotopic (exact) mass is 591 g/mol. The molecule has 1 unspecified atom stereocenters. The van der Waals surface area contributed by atoms with Crippen LogP contribution in [0.2, 0.25) is 0 Å². The van der Waals surface area contributed by atoms with Gasteiger partial charge in [-0.25, -0.2) is 0 Å². The predicted molar refractivity (Wildman–Crippen MR) is 171 cm³/mol. The van der Waals surface area contributed by atoms with Crippen molar-refractivity contribution >= 4 is 41.2 Å². The van der Waals surface area contributed by atoms with Gasteiger partial charge in [-0.3, -0.25) is 4.79 Å². The van der Waals surface area contributed by atoms with Gasteiger partial charge in [0.25, 0.3) is 0 Å². The van der Waals surface area contributed by atoms with Gasteiger partial charge in [-0.05, 0) is 59.3 Å². The molecule has 4 rings (SSSR count). The number of anilines is 2. The van der Waals surface area contributed by atoms with E-state index in [0.29, 0.717) is 35.4 Å². The SMILES string of the molecule is CCSc1ccc(C(C=O)Oc2ccc(NC)cc2)cc1.COc1cc(SCN)c(N)cc1OCc1ccccc1. The average molecular weight is 592 g/mol. The number of carbonyl (C=O) groups excluding carboxylic acids is 1. The zero-order valence-corrected chi connectivity index (χ0v) is 25.2. The van der Waals surface area contributed by atoms with Crippen molar-refractivity contribution in [2.45, 2.75) is 29.4 Å². The number of benzene rings is 4. The molecule has 0 heterocycles. The fourth-order valence-corrected chi connectivity index (χ4v) is 4.98. The number of thioether (sulfide) groups is 2. The molecular formula is C32H37N3O4S2. The van der Waals surface area contributed by atoms with Crippen LogP contribution in [0.25, 0.3) is 0 Å². The first-order valence-corrected chi connectivity index (χ1v) is 15.1. The number of nitrogen functional groups attached to an aromatic ring is 1. The van der Waals surface area contributed by atoms with E-state index in [1.165, 1.54) is 16.7 Å². The van der Waals surface area contributed by atoms with Crippen molar-refractivity contribution in [2.75, 3.05) is 36.8 Å². The number of hydrogen-bond donors (Lipinski definition) is 3. The summed E-state index contributed by atoms with van der Waals surface area (Å²) >= 11 is 3.25. The van der Waals surface area contributed by atoms with Gasteiger partial charge in [-0.1, -0.05) is 49.4 Å². The second-order valence-electron chi connectivity index (χ2n) is 8.58. The number of nitrogens with two attached hydrogens (primary N) is 2. The van der Waals surface area contributed by atoms with Crippen LogP contribution in [-0.4, -0.2) is 32.1 Å². The third-order valence-corrected chi connectivity index (χ3v) is 7.55. The van der Waals surface area contributed by atoms with E-state index >= 15 is 0 Å². The Morgan fingerprint density at radius 2 is 1.63 bits per heavy atom. The number of nitrogens with one attached hydrogen (secondary N) is 1. The van der Waals surface area contributed by atoms with E-state index in [0.717, 1.165) is 33.7 Å². The Labute approximate surface area is 251 Å². The first-order chi connectivity index (χ1) is 20.0. The lowest BCUT2D eigenvalue weighted by Gasteiger charge is -2.14. The van der Waals surface area contributed by atoms with Crippen LogP contribution in [-0.2, 0) is 11.4 Å². The minimum atomic E-state index is -0.578. The Morgan fingerprint density at radius 1 is 0.927 bits per heavy atom. The summed E-state index contributed by atoms with van der Waals surface area (Å²) in [6.07, 6.45) is 0.250. The minimum absolute atomic E-state index is 0.470. The van der Waals surface area contributed by atoms with E-state index < -0.39 is 6.10 Å². The lowest BCUT2D eigenvalue weighted by atomic mass is 10.1. The molecule has 41 heavy (non-hydrogen) atoms. The summed E-state index contributed by atoms with van der Waals surface area (Å²) in [7, 11) is 3.47.